The summed E-state index contributed by atoms with van der Waals surface area (Å²) in [5.41, 5.74) is 1.49. The summed E-state index contributed by atoms with van der Waals surface area (Å²) >= 11 is 17.8. The lowest BCUT2D eigenvalue weighted by Gasteiger charge is -2.23. The molecular formula is C21H21Cl3N6O4. The third-order valence-electron chi connectivity index (χ3n) is 5.10. The first kappa shape index (κ1) is 25.7. The predicted octanol–water partition coefficient (Wildman–Crippen LogP) is 3.09. The Morgan fingerprint density at radius 1 is 1.18 bits per heavy atom. The summed E-state index contributed by atoms with van der Waals surface area (Å²) in [7, 11) is 2.96. The van der Waals surface area contributed by atoms with Crippen LogP contribution < -0.4 is 5.32 Å². The normalized spacial score (nSPS) is 12.7. The zero-order valence-corrected chi connectivity index (χ0v) is 20.5. The number of Topliss-reactive ketones (excluding diaryl/α,β-unsaturated/α-hetero) is 1. The van der Waals surface area contributed by atoms with Crippen molar-refractivity contribution in [2.75, 3.05) is 18.3 Å². The van der Waals surface area contributed by atoms with E-state index in [2.05, 4.69) is 20.7 Å². The molecule has 2 unspecified atom stereocenters. The Morgan fingerprint density at radius 3 is 2.53 bits per heavy atom. The van der Waals surface area contributed by atoms with Gasteiger partial charge in [0.2, 0.25) is 5.91 Å². The molecule has 3 aromatic rings. The minimum absolute atomic E-state index is 0.154. The van der Waals surface area contributed by atoms with E-state index in [0.717, 1.165) is 0 Å². The van der Waals surface area contributed by atoms with Gasteiger partial charge in [0, 0.05) is 30.6 Å². The van der Waals surface area contributed by atoms with Crippen LogP contribution in [0.4, 0.5) is 5.69 Å². The van der Waals surface area contributed by atoms with E-state index in [1.165, 1.54) is 24.1 Å². The van der Waals surface area contributed by atoms with E-state index in [-0.39, 0.29) is 23.9 Å². The Hall–Kier alpha value is -2.95. The van der Waals surface area contributed by atoms with Gasteiger partial charge >= 0.3 is 5.97 Å². The molecule has 0 radical (unpaired) electrons. The van der Waals surface area contributed by atoms with Gasteiger partial charge in [-0.25, -0.2) is 4.68 Å². The van der Waals surface area contributed by atoms with Gasteiger partial charge in [0.1, 0.15) is 0 Å². The quantitative estimate of drug-likeness (QED) is 0.318. The molecule has 0 aliphatic carbocycles. The molecule has 13 heteroatoms. The maximum Gasteiger partial charge on any atom is 0.309 e. The number of halogens is 3. The Bertz CT molecular complexity index is 1190. The molecule has 0 spiro atoms. The Morgan fingerprint density at radius 2 is 1.94 bits per heavy atom. The highest BCUT2D eigenvalue weighted by atomic mass is 35.5. The van der Waals surface area contributed by atoms with Gasteiger partial charge < -0.3 is 10.1 Å². The van der Waals surface area contributed by atoms with E-state index in [1.54, 1.807) is 36.3 Å². The summed E-state index contributed by atoms with van der Waals surface area (Å²) in [6.07, 6.45) is 4.61. The molecule has 0 bridgehead atoms. The number of hydrogen-bond acceptors (Lipinski definition) is 7. The van der Waals surface area contributed by atoms with E-state index in [0.29, 0.717) is 22.0 Å². The summed E-state index contributed by atoms with van der Waals surface area (Å²) in [5.74, 6) is -3.92. The molecule has 2 aromatic heterocycles. The number of esters is 1. The van der Waals surface area contributed by atoms with Crippen LogP contribution in [-0.4, -0.2) is 55.4 Å². The first-order valence-corrected chi connectivity index (χ1v) is 11.3. The molecule has 2 atom stereocenters. The van der Waals surface area contributed by atoms with Gasteiger partial charge in [-0.15, -0.1) is 16.7 Å². The van der Waals surface area contributed by atoms with Crippen molar-refractivity contribution in [2.24, 2.45) is 18.9 Å². The second kappa shape index (κ2) is 11.5. The van der Waals surface area contributed by atoms with Gasteiger partial charge in [-0.3, -0.25) is 19.1 Å². The van der Waals surface area contributed by atoms with E-state index in [1.807, 2.05) is 0 Å². The van der Waals surface area contributed by atoms with E-state index in [4.69, 9.17) is 39.5 Å². The Labute approximate surface area is 210 Å². The number of aryl methyl sites for hydroxylation is 1. The fourth-order valence-electron chi connectivity index (χ4n) is 3.52. The first-order valence-electron chi connectivity index (χ1n) is 10.0. The second-order valence-corrected chi connectivity index (χ2v) is 8.55. The van der Waals surface area contributed by atoms with Crippen LogP contribution in [0.15, 0.2) is 36.8 Å². The van der Waals surface area contributed by atoms with Crippen LogP contribution in [0.5, 0.6) is 0 Å². The Balaban J connectivity index is 1.86. The molecule has 34 heavy (non-hydrogen) atoms. The SMILES string of the molecule is COC(=O)C(Cc1cnn(C)c1)C(CC(=O)Nc1cc(Cl)ccc1-n1cc(Cl)nn1)C(=O)CCl. The second-order valence-electron chi connectivity index (χ2n) is 7.46. The lowest BCUT2D eigenvalue weighted by Crippen LogP contribution is -2.36. The van der Waals surface area contributed by atoms with Crippen molar-refractivity contribution < 1.29 is 19.1 Å². The monoisotopic (exact) mass is 526 g/mol. The minimum Gasteiger partial charge on any atom is -0.469 e. The number of benzene rings is 1. The zero-order chi connectivity index (χ0) is 24.8. The van der Waals surface area contributed by atoms with Gasteiger partial charge in [0.05, 0.1) is 42.7 Å². The molecule has 0 fully saturated rings. The maximum absolute atomic E-state index is 13.0. The molecule has 0 saturated carbocycles. The number of amides is 1. The van der Waals surface area contributed by atoms with Crippen molar-refractivity contribution in [3.63, 3.8) is 0 Å². The minimum atomic E-state index is -1.02. The number of aromatic nitrogens is 5. The van der Waals surface area contributed by atoms with Crippen LogP contribution in [-0.2, 0) is 32.6 Å². The number of rotatable bonds is 10. The van der Waals surface area contributed by atoms with Crippen molar-refractivity contribution in [2.45, 2.75) is 12.8 Å². The molecule has 1 N–H and O–H groups in total. The number of carbonyl (C=O) groups excluding carboxylic acids is 3. The van der Waals surface area contributed by atoms with Crippen LogP contribution in [0, 0.1) is 11.8 Å². The number of hydrogen-bond donors (Lipinski definition) is 1. The first-order chi connectivity index (χ1) is 16.2. The number of alkyl halides is 1. The van der Waals surface area contributed by atoms with E-state index < -0.39 is 29.5 Å². The van der Waals surface area contributed by atoms with Crippen LogP contribution in [0.1, 0.15) is 12.0 Å². The number of ketones is 1. The largest absolute Gasteiger partial charge is 0.469 e. The van der Waals surface area contributed by atoms with Crippen molar-refractivity contribution in [3.05, 3.63) is 52.5 Å². The van der Waals surface area contributed by atoms with Crippen molar-refractivity contribution in [1.82, 2.24) is 24.8 Å². The van der Waals surface area contributed by atoms with Gasteiger partial charge in [-0.1, -0.05) is 28.4 Å². The molecule has 0 aliphatic heterocycles. The summed E-state index contributed by atoms with van der Waals surface area (Å²) in [4.78, 5) is 38.3. The smallest absolute Gasteiger partial charge is 0.309 e. The highest BCUT2D eigenvalue weighted by Gasteiger charge is 2.36. The van der Waals surface area contributed by atoms with Crippen LogP contribution in [0.25, 0.3) is 5.69 Å². The fraction of sp³-hybridized carbons (Fsp3) is 0.333. The van der Waals surface area contributed by atoms with Gasteiger partial charge in [0.15, 0.2) is 10.9 Å². The van der Waals surface area contributed by atoms with Crippen molar-refractivity contribution in [3.8, 4) is 5.69 Å². The molecule has 0 aliphatic rings. The summed E-state index contributed by atoms with van der Waals surface area (Å²) in [5, 5.41) is 15.0. The molecule has 180 valence electrons. The predicted molar refractivity (Wildman–Crippen MR) is 126 cm³/mol. The fourth-order valence-corrected chi connectivity index (χ4v) is 4.02. The zero-order valence-electron chi connectivity index (χ0n) is 18.2. The highest BCUT2D eigenvalue weighted by Crippen LogP contribution is 2.28. The topological polar surface area (TPSA) is 121 Å². The van der Waals surface area contributed by atoms with E-state index in [9.17, 15) is 14.4 Å². The van der Waals surface area contributed by atoms with Gasteiger partial charge in [-0.2, -0.15) is 5.10 Å². The standard InChI is InChI=1S/C21H21Cl3N6O4/c1-29-10-12(9-25-29)5-15(21(33)34-2)14(18(31)8-22)7-20(32)26-16-6-13(23)3-4-17(16)30-11-19(24)27-28-30/h3-4,6,9-11,14-15H,5,7-8H2,1-2H3,(H,26,32). The molecule has 1 amide bonds. The Kier molecular flexibility index (Phi) is 8.65. The molecule has 1 aromatic carbocycles. The number of nitrogens with zero attached hydrogens (tertiary/aromatic N) is 5. The highest BCUT2D eigenvalue weighted by molar-refractivity contribution is 6.31. The number of methoxy groups -OCH3 is 1. The third-order valence-corrected chi connectivity index (χ3v) is 5.77. The average molecular weight is 528 g/mol. The summed E-state index contributed by atoms with van der Waals surface area (Å²) in [6, 6.07) is 4.77. The number of ether oxygens (including phenoxy) is 1. The van der Waals surface area contributed by atoms with Crippen LogP contribution in [0.2, 0.25) is 10.2 Å². The number of nitrogens with one attached hydrogen (secondary N) is 1. The van der Waals surface area contributed by atoms with Gasteiger partial charge in [-0.05, 0) is 30.2 Å². The van der Waals surface area contributed by atoms with Crippen molar-refractivity contribution >= 4 is 58.1 Å². The molecule has 0 saturated heterocycles. The lowest BCUT2D eigenvalue weighted by molar-refractivity contribution is -0.150. The van der Waals surface area contributed by atoms with E-state index >= 15 is 0 Å². The molecule has 3 rings (SSSR count). The van der Waals surface area contributed by atoms with Crippen molar-refractivity contribution in [1.29, 1.82) is 0 Å². The van der Waals surface area contributed by atoms with Gasteiger partial charge in [0.25, 0.3) is 0 Å². The van der Waals surface area contributed by atoms with Crippen LogP contribution >= 0.6 is 34.8 Å². The molecule has 10 nitrogen and oxygen atoms in total. The number of carbonyl (C=O) groups is 3. The summed E-state index contributed by atoms with van der Waals surface area (Å²) in [6.45, 7) is 0. The molecular weight excluding hydrogens is 507 g/mol. The maximum atomic E-state index is 13.0. The summed E-state index contributed by atoms with van der Waals surface area (Å²) < 4.78 is 7.87. The third kappa shape index (κ3) is 6.34. The average Bonchev–Trinajstić information content (AvgIpc) is 3.42. The molecule has 2 heterocycles. The van der Waals surface area contributed by atoms with Crippen LogP contribution in [0.3, 0.4) is 0 Å². The number of anilines is 1. The lowest BCUT2D eigenvalue weighted by atomic mass is 9.82.